The molecule has 2 saturated heterocycles. The lowest BCUT2D eigenvalue weighted by molar-refractivity contribution is -0.334. The molecule has 6 aromatic rings. The Bertz CT molecular complexity index is 5720. The summed E-state index contributed by atoms with van der Waals surface area (Å²) in [4.78, 5) is 199. The van der Waals surface area contributed by atoms with E-state index in [0.29, 0.717) is 19.1 Å². The van der Waals surface area contributed by atoms with Crippen molar-refractivity contribution in [1.29, 1.82) is 0 Å². The number of nitrogens with one attached hydrogen (secondary N) is 9. The van der Waals surface area contributed by atoms with E-state index in [1.165, 1.54) is 49.2 Å². The van der Waals surface area contributed by atoms with Crippen molar-refractivity contribution in [3.63, 3.8) is 0 Å². The number of unbranched alkanes of at least 4 members (excludes halogenated alkanes) is 7. The van der Waals surface area contributed by atoms with Crippen LogP contribution in [0.15, 0.2) is 97.1 Å². The van der Waals surface area contributed by atoms with E-state index in [1.807, 2.05) is 0 Å². The van der Waals surface area contributed by atoms with E-state index >= 15 is 24.0 Å². The first kappa shape index (κ1) is 112. The van der Waals surface area contributed by atoms with E-state index in [0.717, 1.165) is 105 Å². The van der Waals surface area contributed by atoms with Crippen LogP contribution in [0.3, 0.4) is 0 Å². The number of phenols is 3. The number of carboxylic acids is 1. The van der Waals surface area contributed by atoms with Gasteiger partial charge in [0.15, 0.2) is 35.3 Å². The molecule has 0 aromatic heterocycles. The molecule has 11 bridgehead atoms. The molecule has 18 unspecified atom stereocenters. The molecule has 7 aliphatic rings. The van der Waals surface area contributed by atoms with Crippen LogP contribution in [0.2, 0.25) is 10.0 Å². The standard InChI is InChI=1S/C93H119Cl2N11O35P2/c1-7-8-9-10-11-12-13-16-29-106(92(127)134-43-49-17-14-15-18-60(49)138-67(112)25-26-69(142(128,129)130)143(131,132)133)30-27-99-93(5)40-68(135-45(4)83(93)118)140-82-80(117)79(116)65(42-108)139-91(82)141-81-63-36-50-37-64(81)137-62-24-21-48(35-55(62)95)77(114)75-89(124)103-73(90(125)126)52-38-59(110)53(41-98-28-31-107)78(115)70(52)51-33-46(19-22-58(51)109)71(86(121)105-75)102-87(122)72(50)101-85(120)57(39-66(96)111)100-88(123)74(104-84(119)56(97-6)32-44(2)3)76(113)47-20-23-61(136-63)54(94)34-47/h14-15,17-24,31,33-38,44-45,56-57,65,68-69,71-77,79-80,82-83,91,97-99,108-110,113-118H,7-13,16,25-30,32,39-43H2,1-6H3,(H2,96,111)(H,100,123)(H,101,120)(H,102,122)(H,103,124)(H,104,119)(H,105,121)(H,125,126)(H2,128,129,130)(H2,131,132,133). The summed E-state index contributed by atoms with van der Waals surface area (Å²) in [5.74, 6) is -18.6. The Morgan fingerprint density at radius 2 is 1.32 bits per heavy atom. The van der Waals surface area contributed by atoms with Gasteiger partial charge in [-0.25, -0.2) is 9.59 Å². The van der Waals surface area contributed by atoms with Gasteiger partial charge in [-0.3, -0.25) is 47.5 Å². The molecule has 50 heteroatoms. The summed E-state index contributed by atoms with van der Waals surface area (Å²) >= 11 is 14.4. The highest BCUT2D eigenvalue weighted by Crippen LogP contribution is 2.62. The SMILES string of the molecule is CCCCCCCCCCN(CCNC1(C)CC(OC2C(Oc3c4cc5cc3Oc3ccc(cc3Cl)C(O)C3NC(=O)C(NC(=O)C5NC(=O)C(CC(N)=O)NC(=O)C(NC(=O)C(CC(C)C)NC)C(O)c5ccc(c(Cl)c5)O4)c4ccc(O)c(c4)-c4c(cc(O)c(CNCC=O)c4O)C(C(=O)O)NC3=O)OC(CO)C(O)C2O)OC(C)C1O)C(=O)OCc1ccccc1OC(=O)CCC(P(=O)(O)O)P(=O)(O)O. The maximum absolute atomic E-state index is 16.5. The number of hydrogen-bond acceptors (Lipinski definition) is 33. The number of halogens is 2. The van der Waals surface area contributed by atoms with Gasteiger partial charge in [0.1, 0.15) is 108 Å². The van der Waals surface area contributed by atoms with Crippen LogP contribution in [0.1, 0.15) is 187 Å². The molecule has 6 aromatic carbocycles. The predicted octanol–water partition coefficient (Wildman–Crippen LogP) is 4.17. The van der Waals surface area contributed by atoms with Gasteiger partial charge in [-0.1, -0.05) is 125 Å². The number of benzene rings is 6. The number of para-hydroxylation sites is 1. The number of carbonyl (C=O) groups is 11. The van der Waals surface area contributed by atoms with Crippen molar-refractivity contribution in [1.82, 2.24) is 52.8 Å². The Morgan fingerprint density at radius 1 is 0.706 bits per heavy atom. The fourth-order valence-corrected chi connectivity index (χ4v) is 20.2. The summed E-state index contributed by atoms with van der Waals surface area (Å²) in [7, 11) is -9.35. The zero-order chi connectivity index (χ0) is 105. The molecule has 25 N–H and O–H groups in total. The minimum Gasteiger partial charge on any atom is -0.507 e. The molecule has 0 radical (unpaired) electrons. The molecule has 7 aliphatic heterocycles. The summed E-state index contributed by atoms with van der Waals surface area (Å²) in [5.41, 5.74) is 0.592. The van der Waals surface area contributed by atoms with Crippen LogP contribution in [-0.2, 0) is 89.2 Å². The number of aliphatic hydroxyl groups is 6. The number of ether oxygens (including phenoxy) is 8. The van der Waals surface area contributed by atoms with E-state index in [1.54, 1.807) is 20.8 Å². The molecule has 0 saturated carbocycles. The van der Waals surface area contributed by atoms with Gasteiger partial charge in [-0.15, -0.1) is 0 Å². The quantitative estimate of drug-likeness (QED) is 0.00850. The van der Waals surface area contributed by atoms with E-state index in [4.69, 9.17) is 66.8 Å². The van der Waals surface area contributed by atoms with Crippen molar-refractivity contribution < 1.29 is 170 Å². The third-order valence-corrected chi connectivity index (χ3v) is 29.4. The Labute approximate surface area is 829 Å². The number of aliphatic carboxylic acids is 1. The van der Waals surface area contributed by atoms with Gasteiger partial charge in [-0.05, 0) is 129 Å². The normalized spacial score (nSPS) is 24.4. The van der Waals surface area contributed by atoms with Gasteiger partial charge in [0.2, 0.25) is 53.4 Å². The van der Waals surface area contributed by atoms with Gasteiger partial charge in [0, 0.05) is 66.8 Å². The first-order valence-electron chi connectivity index (χ1n) is 46.1. The molecule has 780 valence electrons. The van der Waals surface area contributed by atoms with Gasteiger partial charge in [0.25, 0.3) is 0 Å². The fourth-order valence-electron chi connectivity index (χ4n) is 17.3. The number of aliphatic hydroxyl groups excluding tert-OH is 6. The molecule has 7 heterocycles. The lowest BCUT2D eigenvalue weighted by Crippen LogP contribution is -2.66. The Hall–Kier alpha value is -11.3. The fraction of sp³-hybridized carbons (Fsp3) is 0.495. The van der Waals surface area contributed by atoms with Crippen molar-refractivity contribution in [2.45, 2.75) is 246 Å². The second-order valence-electron chi connectivity index (χ2n) is 35.9. The molecule has 0 spiro atoms. The first-order valence-corrected chi connectivity index (χ1v) is 50.2. The topological polar surface area (TPSA) is 717 Å². The van der Waals surface area contributed by atoms with Gasteiger partial charge >= 0.3 is 33.2 Å². The number of hydrogen-bond donors (Lipinski definition) is 24. The molecule has 18 atom stereocenters. The van der Waals surface area contributed by atoms with Crippen LogP contribution in [0.25, 0.3) is 11.1 Å². The molecule has 46 nitrogen and oxygen atoms in total. The molecular weight excluding hydrogens is 1960 g/mol. The van der Waals surface area contributed by atoms with Gasteiger partial charge < -0.3 is 172 Å². The molecule has 2 fully saturated rings. The molecule has 13 rings (SSSR count). The van der Waals surface area contributed by atoms with E-state index in [9.17, 15) is 109 Å². The lowest BCUT2D eigenvalue weighted by Gasteiger charge is -2.48. The summed E-state index contributed by atoms with van der Waals surface area (Å²) in [5, 5.41) is 139. The lowest BCUT2D eigenvalue weighted by atomic mass is 9.85. The van der Waals surface area contributed by atoms with Crippen molar-refractivity contribution in [2.75, 3.05) is 39.8 Å². The number of esters is 1. The number of carbonyl (C=O) groups excluding carboxylic acids is 10. The van der Waals surface area contributed by atoms with Crippen LogP contribution < -0.4 is 72.5 Å². The number of carboxylic acid groups (broad SMARTS) is 1. The minimum atomic E-state index is -5.40. The summed E-state index contributed by atoms with van der Waals surface area (Å²) in [6, 6.07) is 3.11. The zero-order valence-corrected chi connectivity index (χ0v) is 81.7. The molecule has 8 amide bonds. The van der Waals surface area contributed by atoms with Crippen molar-refractivity contribution >= 4 is 104 Å². The summed E-state index contributed by atoms with van der Waals surface area (Å²) in [6.45, 7) is 6.16. The molecule has 143 heavy (non-hydrogen) atoms. The second kappa shape index (κ2) is 49.5. The van der Waals surface area contributed by atoms with E-state index < -0.39 is 318 Å². The largest absolute Gasteiger partial charge is 0.507 e. The smallest absolute Gasteiger partial charge is 0.410 e. The van der Waals surface area contributed by atoms with E-state index in [2.05, 4.69) is 54.8 Å². The number of rotatable bonds is 38. The van der Waals surface area contributed by atoms with Crippen LogP contribution in [-0.4, -0.2) is 265 Å². The first-order chi connectivity index (χ1) is 67.7. The maximum Gasteiger partial charge on any atom is 0.410 e. The molecular formula is C93H119Cl2N11O35P2. The Balaban J connectivity index is 1.02. The number of likely N-dealkylation sites (N-methyl/N-ethyl adjacent to an activating group) is 1. The van der Waals surface area contributed by atoms with Gasteiger partial charge in [0.05, 0.1) is 53.4 Å². The predicted molar refractivity (Wildman–Crippen MR) is 504 cm³/mol. The Kier molecular flexibility index (Phi) is 38.8. The number of amides is 8. The maximum atomic E-state index is 16.5. The summed E-state index contributed by atoms with van der Waals surface area (Å²) in [6.07, 6.45) is -15.5. The number of aldehydes is 1. The van der Waals surface area contributed by atoms with Gasteiger partial charge in [-0.2, -0.15) is 0 Å². The van der Waals surface area contributed by atoms with Crippen molar-refractivity contribution in [3.8, 4) is 62.9 Å². The highest BCUT2D eigenvalue weighted by atomic mass is 35.5. The minimum absolute atomic E-state index is 0.106. The highest BCUT2D eigenvalue weighted by Gasteiger charge is 2.53. The van der Waals surface area contributed by atoms with Crippen molar-refractivity contribution in [2.24, 2.45) is 11.7 Å². The summed E-state index contributed by atoms with van der Waals surface area (Å²) < 4.78 is 74.9. The van der Waals surface area contributed by atoms with Crippen LogP contribution in [0.4, 0.5) is 4.79 Å². The van der Waals surface area contributed by atoms with Crippen LogP contribution in [0, 0.1) is 5.92 Å². The number of phenolic OH excluding ortho intramolecular Hbond substituents is 3. The molecule has 0 aliphatic carbocycles. The third kappa shape index (κ3) is 28.1. The average Bonchev–Trinajstić information content (AvgIpc) is 0.757. The Morgan fingerprint density at radius 3 is 1.93 bits per heavy atom. The van der Waals surface area contributed by atoms with Crippen LogP contribution >= 0.6 is 38.4 Å². The average molecular weight is 2080 g/mol. The number of primary amides is 1. The third-order valence-electron chi connectivity index (χ3n) is 24.9. The zero-order valence-electron chi connectivity index (χ0n) is 78.4. The van der Waals surface area contributed by atoms with Crippen LogP contribution in [0.5, 0.6) is 51.7 Å². The number of nitrogens with zero attached hydrogens (tertiary/aromatic N) is 1. The monoisotopic (exact) mass is 2080 g/mol. The second-order valence-corrected chi connectivity index (χ2v) is 40.7. The number of fused-ring (bicyclic) bond motifs is 15. The van der Waals surface area contributed by atoms with E-state index in [-0.39, 0.29) is 67.4 Å². The highest BCUT2D eigenvalue weighted by molar-refractivity contribution is 7.70. The van der Waals surface area contributed by atoms with Crippen molar-refractivity contribution in [3.05, 3.63) is 146 Å². The number of aromatic hydroxyl groups is 3. The number of nitrogens with two attached hydrogens (primary N) is 1.